The lowest BCUT2D eigenvalue weighted by Gasteiger charge is -2.13. The van der Waals surface area contributed by atoms with Crippen LogP contribution in [-0.4, -0.2) is 14.2 Å². The van der Waals surface area contributed by atoms with E-state index in [1.54, 1.807) is 26.0 Å². The van der Waals surface area contributed by atoms with Crippen LogP contribution in [0.3, 0.4) is 0 Å². The normalized spacial score (nSPS) is 13.8. The molecule has 0 radical (unpaired) electrons. The Hall–Kier alpha value is -0.580. The third kappa shape index (κ3) is 3.81. The Kier molecular flexibility index (Phi) is 4.13. The Labute approximate surface area is 95.5 Å². The molecule has 0 aliphatic rings. The zero-order valence-electron chi connectivity index (χ0n) is 8.70. The van der Waals surface area contributed by atoms with Gasteiger partial charge in [0, 0.05) is 11.1 Å². The Morgan fingerprint density at radius 1 is 1.33 bits per heavy atom. The van der Waals surface area contributed by atoms with Crippen LogP contribution in [0.1, 0.15) is 25.5 Å². The van der Waals surface area contributed by atoms with Gasteiger partial charge in [-0.2, -0.15) is 0 Å². The minimum Gasteiger partial charge on any atom is -0.212 e. The third-order valence-corrected chi connectivity index (χ3v) is 3.83. The predicted octanol–water partition coefficient (Wildman–Crippen LogP) is 2.34. The highest BCUT2D eigenvalue weighted by Gasteiger charge is 2.12. The number of hydrogen-bond acceptors (Lipinski definition) is 2. The Morgan fingerprint density at radius 2 is 1.87 bits per heavy atom. The molecule has 0 fully saturated rings. The summed E-state index contributed by atoms with van der Waals surface area (Å²) in [5, 5.41) is 0.643. The maximum absolute atomic E-state index is 11.3. The summed E-state index contributed by atoms with van der Waals surface area (Å²) in [7, 11) is -3.16. The standard InChI is InChI=1S/C10H14ClNO2S/c1-3-15(13,14)12-8(2)9-4-6-10(11)7-5-9/h4-8,12H,3H2,1-2H3/t8-/m0/s1. The molecule has 0 aromatic heterocycles. The van der Waals surface area contributed by atoms with Crippen molar-refractivity contribution in [2.45, 2.75) is 19.9 Å². The lowest BCUT2D eigenvalue weighted by Crippen LogP contribution is -2.28. The van der Waals surface area contributed by atoms with E-state index in [9.17, 15) is 8.42 Å². The molecule has 84 valence electrons. The second-order valence-electron chi connectivity index (χ2n) is 3.29. The maximum Gasteiger partial charge on any atom is 0.211 e. The molecular formula is C10H14ClNO2S. The van der Waals surface area contributed by atoms with E-state index in [0.717, 1.165) is 5.56 Å². The van der Waals surface area contributed by atoms with E-state index in [-0.39, 0.29) is 11.8 Å². The lowest BCUT2D eigenvalue weighted by molar-refractivity contribution is 0.568. The first-order chi connectivity index (χ1) is 6.94. The summed E-state index contributed by atoms with van der Waals surface area (Å²) in [6, 6.07) is 6.88. The first-order valence-electron chi connectivity index (χ1n) is 4.70. The minimum absolute atomic E-state index is 0.0882. The van der Waals surface area contributed by atoms with Crippen molar-refractivity contribution in [2.24, 2.45) is 0 Å². The number of hydrogen-bond donors (Lipinski definition) is 1. The van der Waals surface area contributed by atoms with Gasteiger partial charge in [-0.15, -0.1) is 0 Å². The first-order valence-corrected chi connectivity index (χ1v) is 6.73. The number of sulfonamides is 1. The van der Waals surface area contributed by atoms with Gasteiger partial charge >= 0.3 is 0 Å². The molecular weight excluding hydrogens is 234 g/mol. The molecule has 0 amide bonds. The molecule has 0 heterocycles. The van der Waals surface area contributed by atoms with Gasteiger partial charge in [0.05, 0.1) is 5.75 Å². The molecule has 0 saturated carbocycles. The molecule has 1 atom stereocenters. The molecule has 0 unspecified atom stereocenters. The van der Waals surface area contributed by atoms with E-state index in [4.69, 9.17) is 11.6 Å². The number of benzene rings is 1. The molecule has 3 nitrogen and oxygen atoms in total. The van der Waals surface area contributed by atoms with Crippen molar-refractivity contribution in [1.82, 2.24) is 4.72 Å². The first kappa shape index (κ1) is 12.5. The van der Waals surface area contributed by atoms with E-state index in [1.165, 1.54) is 0 Å². The number of rotatable bonds is 4. The van der Waals surface area contributed by atoms with Crippen molar-refractivity contribution in [3.05, 3.63) is 34.9 Å². The molecule has 1 N–H and O–H groups in total. The van der Waals surface area contributed by atoms with Gasteiger partial charge in [-0.3, -0.25) is 0 Å². The van der Waals surface area contributed by atoms with Gasteiger partial charge in [0.1, 0.15) is 0 Å². The van der Waals surface area contributed by atoms with Crippen LogP contribution in [0.2, 0.25) is 5.02 Å². The van der Waals surface area contributed by atoms with Gasteiger partial charge < -0.3 is 0 Å². The zero-order valence-corrected chi connectivity index (χ0v) is 10.3. The summed E-state index contributed by atoms with van der Waals surface area (Å²) in [6.07, 6.45) is 0. The van der Waals surface area contributed by atoms with E-state index in [2.05, 4.69) is 4.72 Å². The highest BCUT2D eigenvalue weighted by molar-refractivity contribution is 7.89. The van der Waals surface area contributed by atoms with Crippen molar-refractivity contribution < 1.29 is 8.42 Å². The molecule has 0 bridgehead atoms. The topological polar surface area (TPSA) is 46.2 Å². The summed E-state index contributed by atoms with van der Waals surface area (Å²) >= 11 is 5.74. The summed E-state index contributed by atoms with van der Waals surface area (Å²) in [4.78, 5) is 0. The molecule has 0 aliphatic heterocycles. The monoisotopic (exact) mass is 247 g/mol. The van der Waals surface area contributed by atoms with Crippen LogP contribution < -0.4 is 4.72 Å². The molecule has 15 heavy (non-hydrogen) atoms. The predicted molar refractivity (Wildman–Crippen MR) is 62.5 cm³/mol. The van der Waals surface area contributed by atoms with Crippen LogP contribution in [-0.2, 0) is 10.0 Å². The van der Waals surface area contributed by atoms with Crippen LogP contribution in [0.15, 0.2) is 24.3 Å². The van der Waals surface area contributed by atoms with Crippen LogP contribution in [0.25, 0.3) is 0 Å². The molecule has 0 aliphatic carbocycles. The molecule has 0 spiro atoms. The summed E-state index contributed by atoms with van der Waals surface area (Å²) in [5.41, 5.74) is 0.899. The van der Waals surface area contributed by atoms with E-state index in [0.29, 0.717) is 5.02 Å². The van der Waals surface area contributed by atoms with Crippen molar-refractivity contribution >= 4 is 21.6 Å². The second kappa shape index (κ2) is 4.96. The fourth-order valence-corrected chi connectivity index (χ4v) is 2.14. The largest absolute Gasteiger partial charge is 0.212 e. The van der Waals surface area contributed by atoms with Crippen molar-refractivity contribution in [1.29, 1.82) is 0 Å². The fraction of sp³-hybridized carbons (Fsp3) is 0.400. The van der Waals surface area contributed by atoms with Crippen LogP contribution in [0, 0.1) is 0 Å². The molecule has 0 saturated heterocycles. The van der Waals surface area contributed by atoms with Crippen LogP contribution in [0.5, 0.6) is 0 Å². The quantitative estimate of drug-likeness (QED) is 0.888. The van der Waals surface area contributed by atoms with Gasteiger partial charge in [-0.25, -0.2) is 13.1 Å². The Balaban J connectivity index is 2.78. The zero-order chi connectivity index (χ0) is 11.5. The summed E-state index contributed by atoms with van der Waals surface area (Å²) in [5.74, 6) is 0.0882. The number of nitrogens with one attached hydrogen (secondary N) is 1. The molecule has 1 aromatic rings. The molecule has 5 heteroatoms. The smallest absolute Gasteiger partial charge is 0.211 e. The SMILES string of the molecule is CCS(=O)(=O)N[C@@H](C)c1ccc(Cl)cc1. The minimum atomic E-state index is -3.16. The van der Waals surface area contributed by atoms with Crippen LogP contribution in [0.4, 0.5) is 0 Å². The highest BCUT2D eigenvalue weighted by Crippen LogP contribution is 2.16. The Morgan fingerprint density at radius 3 is 2.33 bits per heavy atom. The number of halogens is 1. The summed E-state index contributed by atoms with van der Waals surface area (Å²) in [6.45, 7) is 3.41. The van der Waals surface area contributed by atoms with Gasteiger partial charge in [0.25, 0.3) is 0 Å². The Bertz CT molecular complexity index is 414. The third-order valence-electron chi connectivity index (χ3n) is 2.11. The molecule has 1 rings (SSSR count). The van der Waals surface area contributed by atoms with Crippen molar-refractivity contribution in [3.63, 3.8) is 0 Å². The van der Waals surface area contributed by atoms with Gasteiger partial charge in [-0.1, -0.05) is 23.7 Å². The van der Waals surface area contributed by atoms with Gasteiger partial charge in [-0.05, 0) is 31.5 Å². The van der Waals surface area contributed by atoms with Crippen molar-refractivity contribution in [3.8, 4) is 0 Å². The van der Waals surface area contributed by atoms with Crippen LogP contribution >= 0.6 is 11.6 Å². The second-order valence-corrected chi connectivity index (χ2v) is 5.77. The molecule has 1 aromatic carbocycles. The van der Waals surface area contributed by atoms with E-state index >= 15 is 0 Å². The van der Waals surface area contributed by atoms with Gasteiger partial charge in [0.15, 0.2) is 0 Å². The van der Waals surface area contributed by atoms with Crippen molar-refractivity contribution in [2.75, 3.05) is 5.75 Å². The van der Waals surface area contributed by atoms with E-state index in [1.807, 2.05) is 12.1 Å². The maximum atomic E-state index is 11.3. The highest BCUT2D eigenvalue weighted by atomic mass is 35.5. The average molecular weight is 248 g/mol. The average Bonchev–Trinajstić information content (AvgIpc) is 2.18. The summed E-state index contributed by atoms with van der Waals surface area (Å²) < 4.78 is 25.2. The lowest BCUT2D eigenvalue weighted by atomic mass is 10.1. The van der Waals surface area contributed by atoms with E-state index < -0.39 is 10.0 Å². The van der Waals surface area contributed by atoms with Gasteiger partial charge in [0.2, 0.25) is 10.0 Å². The fourth-order valence-electron chi connectivity index (χ4n) is 1.17.